The van der Waals surface area contributed by atoms with E-state index in [0.29, 0.717) is 18.8 Å². The largest absolute Gasteiger partial charge is 0.492 e. The topological polar surface area (TPSA) is 156 Å². The number of non-ortho nitro benzene ring substituents is 1. The lowest BCUT2D eigenvalue weighted by molar-refractivity contribution is -0.384. The SMILES string of the molecule is CC(C(=O)NCCOc1ccc(S(=O)(=O)N2CCCC2)cc1)N(c1cccc([N+](=O)[O-])c1)S(C)(=O)=O. The highest BCUT2D eigenvalue weighted by Crippen LogP contribution is 2.25. The number of nitro groups is 1. The van der Waals surface area contributed by atoms with Crippen molar-refractivity contribution in [2.45, 2.75) is 30.7 Å². The number of hydrogen-bond acceptors (Lipinski definition) is 8. The smallest absolute Gasteiger partial charge is 0.271 e. The van der Waals surface area contributed by atoms with Gasteiger partial charge < -0.3 is 10.1 Å². The molecule has 3 rings (SSSR count). The van der Waals surface area contributed by atoms with Crippen molar-refractivity contribution in [3.05, 3.63) is 58.6 Å². The number of nitrogens with zero attached hydrogens (tertiary/aromatic N) is 3. The molecule has 1 aliphatic rings. The fourth-order valence-corrected chi connectivity index (χ4v) is 6.51. The Balaban J connectivity index is 1.57. The lowest BCUT2D eigenvalue weighted by Crippen LogP contribution is -2.48. The Labute approximate surface area is 210 Å². The van der Waals surface area contributed by atoms with Gasteiger partial charge in [0.1, 0.15) is 18.4 Å². The molecule has 1 N–H and O–H groups in total. The molecule has 1 saturated heterocycles. The van der Waals surface area contributed by atoms with Crippen molar-refractivity contribution < 1.29 is 31.3 Å². The summed E-state index contributed by atoms with van der Waals surface area (Å²) in [7, 11) is -7.46. The quantitative estimate of drug-likeness (QED) is 0.257. The average molecular weight is 541 g/mol. The second-order valence-corrected chi connectivity index (χ2v) is 12.0. The van der Waals surface area contributed by atoms with Gasteiger partial charge in [-0.25, -0.2) is 16.8 Å². The van der Waals surface area contributed by atoms with Crippen molar-refractivity contribution >= 4 is 37.3 Å². The van der Waals surface area contributed by atoms with E-state index in [4.69, 9.17) is 4.74 Å². The molecule has 0 bridgehead atoms. The lowest BCUT2D eigenvalue weighted by Gasteiger charge is -2.28. The van der Waals surface area contributed by atoms with Gasteiger partial charge in [0, 0.05) is 25.2 Å². The maximum Gasteiger partial charge on any atom is 0.271 e. The van der Waals surface area contributed by atoms with Crippen LogP contribution >= 0.6 is 0 Å². The lowest BCUT2D eigenvalue weighted by atomic mass is 10.2. The minimum absolute atomic E-state index is 0.00503. The summed E-state index contributed by atoms with van der Waals surface area (Å²) < 4.78 is 57.7. The molecule has 0 radical (unpaired) electrons. The maximum absolute atomic E-state index is 12.6. The number of rotatable bonds is 11. The fourth-order valence-electron chi connectivity index (χ4n) is 3.83. The predicted molar refractivity (Wildman–Crippen MR) is 133 cm³/mol. The summed E-state index contributed by atoms with van der Waals surface area (Å²) >= 11 is 0. The van der Waals surface area contributed by atoms with E-state index in [-0.39, 0.29) is 29.4 Å². The van der Waals surface area contributed by atoms with E-state index in [1.165, 1.54) is 53.7 Å². The first-order valence-electron chi connectivity index (χ1n) is 11.2. The zero-order chi connectivity index (χ0) is 26.5. The van der Waals surface area contributed by atoms with E-state index < -0.39 is 36.9 Å². The molecule has 2 aromatic rings. The number of hydrogen-bond donors (Lipinski definition) is 1. The van der Waals surface area contributed by atoms with Gasteiger partial charge in [-0.2, -0.15) is 4.31 Å². The van der Waals surface area contributed by atoms with Crippen molar-refractivity contribution in [1.82, 2.24) is 9.62 Å². The van der Waals surface area contributed by atoms with Crippen LogP contribution in [-0.2, 0) is 24.8 Å². The second kappa shape index (κ2) is 11.2. The van der Waals surface area contributed by atoms with Crippen molar-refractivity contribution in [2.75, 3.05) is 36.8 Å². The van der Waals surface area contributed by atoms with E-state index >= 15 is 0 Å². The molecule has 2 aromatic carbocycles. The molecule has 196 valence electrons. The Kier molecular flexibility index (Phi) is 8.53. The molecule has 0 aliphatic carbocycles. The number of carbonyl (C=O) groups is 1. The van der Waals surface area contributed by atoms with E-state index in [2.05, 4.69) is 5.32 Å². The van der Waals surface area contributed by atoms with Crippen LogP contribution in [0.25, 0.3) is 0 Å². The molecular formula is C22H28N4O8S2. The minimum atomic E-state index is -3.93. The standard InChI is InChI=1S/C22H28N4O8S2/c1-17(25(35(2,30)31)18-6-5-7-19(16-18)26(28)29)22(27)23-12-15-34-20-8-10-21(11-9-20)36(32,33)24-13-3-4-14-24/h5-11,16-17H,3-4,12-15H2,1-2H3,(H,23,27). The number of anilines is 1. The highest BCUT2D eigenvalue weighted by Gasteiger charge is 2.30. The fraction of sp³-hybridized carbons (Fsp3) is 0.409. The van der Waals surface area contributed by atoms with Gasteiger partial charge in [-0.1, -0.05) is 6.07 Å². The number of benzene rings is 2. The van der Waals surface area contributed by atoms with E-state index in [0.717, 1.165) is 29.5 Å². The normalized spacial score (nSPS) is 15.3. The van der Waals surface area contributed by atoms with Crippen LogP contribution < -0.4 is 14.4 Å². The molecule has 14 heteroatoms. The monoisotopic (exact) mass is 540 g/mol. The molecule has 1 unspecified atom stereocenters. The Morgan fingerprint density at radius 2 is 1.78 bits per heavy atom. The summed E-state index contributed by atoms with van der Waals surface area (Å²) in [6.07, 6.45) is 2.60. The molecule has 0 aromatic heterocycles. The van der Waals surface area contributed by atoms with Crippen molar-refractivity contribution in [3.8, 4) is 5.75 Å². The van der Waals surface area contributed by atoms with Crippen LogP contribution in [0, 0.1) is 10.1 Å². The number of amides is 1. The van der Waals surface area contributed by atoms with Crippen molar-refractivity contribution in [1.29, 1.82) is 0 Å². The zero-order valence-electron chi connectivity index (χ0n) is 19.9. The average Bonchev–Trinajstić information content (AvgIpc) is 3.37. The Morgan fingerprint density at radius 1 is 1.14 bits per heavy atom. The summed E-state index contributed by atoms with van der Waals surface area (Å²) in [5, 5.41) is 13.6. The first-order chi connectivity index (χ1) is 16.9. The third-order valence-electron chi connectivity index (χ3n) is 5.58. The number of carbonyl (C=O) groups excluding carboxylic acids is 1. The van der Waals surface area contributed by atoms with Gasteiger partial charge >= 0.3 is 0 Å². The molecule has 1 amide bonds. The number of nitro benzene ring substituents is 1. The number of sulfonamides is 2. The minimum Gasteiger partial charge on any atom is -0.492 e. The first-order valence-corrected chi connectivity index (χ1v) is 14.4. The summed E-state index contributed by atoms with van der Waals surface area (Å²) in [6, 6.07) is 9.82. The first kappa shape index (κ1) is 27.4. The third-order valence-corrected chi connectivity index (χ3v) is 8.73. The van der Waals surface area contributed by atoms with Gasteiger partial charge in [0.2, 0.25) is 26.0 Å². The molecule has 36 heavy (non-hydrogen) atoms. The van der Waals surface area contributed by atoms with Crippen LogP contribution in [0.4, 0.5) is 11.4 Å². The van der Waals surface area contributed by atoms with Gasteiger partial charge in [-0.15, -0.1) is 0 Å². The summed E-state index contributed by atoms with van der Waals surface area (Å²) in [4.78, 5) is 23.2. The summed E-state index contributed by atoms with van der Waals surface area (Å²) in [5.74, 6) is -0.213. The van der Waals surface area contributed by atoms with Crippen LogP contribution in [0.1, 0.15) is 19.8 Å². The van der Waals surface area contributed by atoms with Gasteiger partial charge in [-0.05, 0) is 50.1 Å². The molecule has 12 nitrogen and oxygen atoms in total. The number of nitrogens with one attached hydrogen (secondary N) is 1. The van der Waals surface area contributed by atoms with E-state index in [1.54, 1.807) is 0 Å². The summed E-state index contributed by atoms with van der Waals surface area (Å²) in [5.41, 5.74) is -0.309. The van der Waals surface area contributed by atoms with E-state index in [1.807, 2.05) is 0 Å². The highest BCUT2D eigenvalue weighted by molar-refractivity contribution is 7.92. The molecule has 1 atom stereocenters. The Bertz CT molecular complexity index is 1310. The van der Waals surface area contributed by atoms with Crippen LogP contribution in [-0.4, -0.2) is 70.5 Å². The van der Waals surface area contributed by atoms with E-state index in [9.17, 15) is 31.7 Å². The predicted octanol–water partition coefficient (Wildman–Crippen LogP) is 1.73. The van der Waals surface area contributed by atoms with Gasteiger partial charge in [0.05, 0.1) is 28.3 Å². The van der Waals surface area contributed by atoms with Gasteiger partial charge in [0.25, 0.3) is 5.69 Å². The Hall–Kier alpha value is -3.23. The zero-order valence-corrected chi connectivity index (χ0v) is 21.5. The molecular weight excluding hydrogens is 512 g/mol. The second-order valence-electron chi connectivity index (χ2n) is 8.23. The highest BCUT2D eigenvalue weighted by atomic mass is 32.2. The van der Waals surface area contributed by atoms with Crippen LogP contribution in [0.2, 0.25) is 0 Å². The molecule has 0 saturated carbocycles. The molecule has 1 heterocycles. The maximum atomic E-state index is 12.6. The van der Waals surface area contributed by atoms with Gasteiger partial charge in [0.15, 0.2) is 0 Å². The third kappa shape index (κ3) is 6.50. The van der Waals surface area contributed by atoms with Crippen LogP contribution in [0.5, 0.6) is 5.75 Å². The molecule has 1 aliphatic heterocycles. The van der Waals surface area contributed by atoms with Crippen LogP contribution in [0.15, 0.2) is 53.4 Å². The van der Waals surface area contributed by atoms with Crippen molar-refractivity contribution in [2.24, 2.45) is 0 Å². The molecule has 0 spiro atoms. The molecule has 1 fully saturated rings. The summed E-state index contributed by atoms with van der Waals surface area (Å²) in [6.45, 7) is 2.48. The van der Waals surface area contributed by atoms with Gasteiger partial charge in [-0.3, -0.25) is 19.2 Å². The number of ether oxygens (including phenoxy) is 1. The van der Waals surface area contributed by atoms with Crippen LogP contribution in [0.3, 0.4) is 0 Å². The Morgan fingerprint density at radius 3 is 2.36 bits per heavy atom. The van der Waals surface area contributed by atoms with Crippen molar-refractivity contribution in [3.63, 3.8) is 0 Å².